The van der Waals surface area contributed by atoms with Crippen LogP contribution in [0.3, 0.4) is 0 Å². The van der Waals surface area contributed by atoms with Crippen molar-refractivity contribution < 1.29 is 14.3 Å². The zero-order chi connectivity index (χ0) is 16.2. The standard InChI is InChI=1S/C17H16ClNO3S/c1-11(12-6-7-14-15(8-12)22-10-21-14)19-17(20)9-23-16-5-3-2-4-13(16)18/h2-8,11H,9-10H2,1H3,(H,19,20)/t11-/m0/s1. The molecule has 0 fully saturated rings. The van der Waals surface area contributed by atoms with Crippen molar-refractivity contribution in [2.75, 3.05) is 12.5 Å². The Bertz CT molecular complexity index is 723. The molecule has 1 amide bonds. The topological polar surface area (TPSA) is 47.6 Å². The molecule has 1 atom stereocenters. The molecule has 6 heteroatoms. The van der Waals surface area contributed by atoms with Gasteiger partial charge in [0.25, 0.3) is 0 Å². The van der Waals surface area contributed by atoms with Crippen molar-refractivity contribution in [3.63, 3.8) is 0 Å². The van der Waals surface area contributed by atoms with E-state index in [1.54, 1.807) is 0 Å². The van der Waals surface area contributed by atoms with Gasteiger partial charge >= 0.3 is 0 Å². The summed E-state index contributed by atoms with van der Waals surface area (Å²) in [5.74, 6) is 1.73. The number of halogens is 1. The lowest BCUT2D eigenvalue weighted by Crippen LogP contribution is -2.28. The van der Waals surface area contributed by atoms with Crippen LogP contribution in [0.4, 0.5) is 0 Å². The molecule has 0 spiro atoms. The lowest BCUT2D eigenvalue weighted by Gasteiger charge is -2.15. The van der Waals surface area contributed by atoms with Crippen LogP contribution in [0.25, 0.3) is 0 Å². The van der Waals surface area contributed by atoms with Crippen molar-refractivity contribution in [3.8, 4) is 11.5 Å². The number of benzene rings is 2. The van der Waals surface area contributed by atoms with Crippen molar-refractivity contribution in [1.82, 2.24) is 5.32 Å². The molecule has 0 saturated heterocycles. The summed E-state index contributed by atoms with van der Waals surface area (Å²) < 4.78 is 10.6. The smallest absolute Gasteiger partial charge is 0.231 e. The Morgan fingerprint density at radius 1 is 1.26 bits per heavy atom. The summed E-state index contributed by atoms with van der Waals surface area (Å²) in [6, 6.07) is 13.1. The molecule has 0 unspecified atom stereocenters. The van der Waals surface area contributed by atoms with E-state index in [0.29, 0.717) is 16.5 Å². The minimum atomic E-state index is -0.108. The molecule has 2 aromatic rings. The van der Waals surface area contributed by atoms with Crippen LogP contribution in [-0.4, -0.2) is 18.5 Å². The molecule has 0 aliphatic carbocycles. The molecular weight excluding hydrogens is 334 g/mol. The maximum Gasteiger partial charge on any atom is 0.231 e. The normalized spacial score (nSPS) is 13.7. The van der Waals surface area contributed by atoms with Crippen LogP contribution in [0.5, 0.6) is 11.5 Å². The summed E-state index contributed by atoms with van der Waals surface area (Å²) in [5.41, 5.74) is 0.977. The first-order valence-electron chi connectivity index (χ1n) is 7.20. The van der Waals surface area contributed by atoms with Gasteiger partial charge in [-0.2, -0.15) is 0 Å². The predicted molar refractivity (Wildman–Crippen MR) is 91.3 cm³/mol. The van der Waals surface area contributed by atoms with Crippen LogP contribution < -0.4 is 14.8 Å². The molecule has 3 rings (SSSR count). The fraction of sp³-hybridized carbons (Fsp3) is 0.235. The summed E-state index contributed by atoms with van der Waals surface area (Å²) >= 11 is 7.51. The highest BCUT2D eigenvalue weighted by molar-refractivity contribution is 8.00. The van der Waals surface area contributed by atoms with Crippen LogP contribution in [0, 0.1) is 0 Å². The quantitative estimate of drug-likeness (QED) is 0.828. The van der Waals surface area contributed by atoms with Gasteiger partial charge in [0, 0.05) is 4.90 Å². The third-order valence-electron chi connectivity index (χ3n) is 3.47. The number of nitrogens with one attached hydrogen (secondary N) is 1. The molecule has 4 nitrogen and oxygen atoms in total. The molecular formula is C17H16ClNO3S. The van der Waals surface area contributed by atoms with Crippen molar-refractivity contribution in [1.29, 1.82) is 0 Å². The fourth-order valence-corrected chi connectivity index (χ4v) is 3.30. The van der Waals surface area contributed by atoms with Crippen LogP contribution in [-0.2, 0) is 4.79 Å². The number of hydrogen-bond acceptors (Lipinski definition) is 4. The van der Waals surface area contributed by atoms with E-state index in [1.165, 1.54) is 11.8 Å². The zero-order valence-electron chi connectivity index (χ0n) is 12.5. The van der Waals surface area contributed by atoms with E-state index in [9.17, 15) is 4.79 Å². The minimum absolute atomic E-state index is 0.0416. The Hall–Kier alpha value is -1.85. The number of amides is 1. The van der Waals surface area contributed by atoms with E-state index in [2.05, 4.69) is 5.32 Å². The van der Waals surface area contributed by atoms with E-state index in [-0.39, 0.29) is 18.7 Å². The monoisotopic (exact) mass is 349 g/mol. The number of fused-ring (bicyclic) bond motifs is 1. The largest absolute Gasteiger partial charge is 0.454 e. The lowest BCUT2D eigenvalue weighted by molar-refractivity contribution is -0.119. The van der Waals surface area contributed by atoms with Gasteiger partial charge in [-0.25, -0.2) is 0 Å². The third-order valence-corrected chi connectivity index (χ3v) is 4.98. The molecule has 1 aliphatic rings. The third kappa shape index (κ3) is 3.92. The molecule has 1 heterocycles. The molecule has 0 saturated carbocycles. The van der Waals surface area contributed by atoms with Gasteiger partial charge in [0.1, 0.15) is 0 Å². The van der Waals surface area contributed by atoms with Gasteiger partial charge in [0.2, 0.25) is 12.7 Å². The average molecular weight is 350 g/mol. The van der Waals surface area contributed by atoms with Crippen molar-refractivity contribution in [2.24, 2.45) is 0 Å². The van der Waals surface area contributed by atoms with E-state index >= 15 is 0 Å². The second kappa shape index (κ2) is 7.15. The van der Waals surface area contributed by atoms with E-state index in [0.717, 1.165) is 16.2 Å². The number of carbonyl (C=O) groups is 1. The molecule has 0 bridgehead atoms. The number of thioether (sulfide) groups is 1. The van der Waals surface area contributed by atoms with E-state index < -0.39 is 0 Å². The predicted octanol–water partition coefficient (Wildman–Crippen LogP) is 4.04. The maximum atomic E-state index is 12.1. The van der Waals surface area contributed by atoms with Gasteiger partial charge in [0.05, 0.1) is 16.8 Å². The van der Waals surface area contributed by atoms with Crippen LogP contribution in [0.15, 0.2) is 47.4 Å². The van der Waals surface area contributed by atoms with Crippen molar-refractivity contribution in [3.05, 3.63) is 53.1 Å². The summed E-state index contributed by atoms with van der Waals surface area (Å²) in [6.45, 7) is 2.18. The van der Waals surface area contributed by atoms with Gasteiger partial charge in [-0.1, -0.05) is 29.8 Å². The van der Waals surface area contributed by atoms with Gasteiger partial charge in [-0.3, -0.25) is 4.79 Å². The number of hydrogen-bond donors (Lipinski definition) is 1. The highest BCUT2D eigenvalue weighted by Gasteiger charge is 2.17. The van der Waals surface area contributed by atoms with Gasteiger partial charge in [-0.15, -0.1) is 11.8 Å². The highest BCUT2D eigenvalue weighted by atomic mass is 35.5. The zero-order valence-corrected chi connectivity index (χ0v) is 14.1. The van der Waals surface area contributed by atoms with Gasteiger partial charge < -0.3 is 14.8 Å². The van der Waals surface area contributed by atoms with Crippen LogP contribution in [0.2, 0.25) is 5.02 Å². The highest BCUT2D eigenvalue weighted by Crippen LogP contribution is 2.34. The first-order chi connectivity index (χ1) is 11.1. The van der Waals surface area contributed by atoms with Gasteiger partial charge in [-0.05, 0) is 36.8 Å². The Morgan fingerprint density at radius 2 is 2.04 bits per heavy atom. The molecule has 23 heavy (non-hydrogen) atoms. The fourth-order valence-electron chi connectivity index (χ4n) is 2.25. The van der Waals surface area contributed by atoms with E-state index in [4.69, 9.17) is 21.1 Å². The Labute approximate surface area is 144 Å². The molecule has 120 valence electrons. The van der Waals surface area contributed by atoms with Crippen molar-refractivity contribution in [2.45, 2.75) is 17.9 Å². The Balaban J connectivity index is 1.56. The molecule has 1 N–H and O–H groups in total. The first-order valence-corrected chi connectivity index (χ1v) is 8.56. The SMILES string of the molecule is C[C@H](NC(=O)CSc1ccccc1Cl)c1ccc2c(c1)OCO2. The summed E-state index contributed by atoms with van der Waals surface area (Å²) in [4.78, 5) is 13.0. The van der Waals surface area contributed by atoms with E-state index in [1.807, 2.05) is 49.4 Å². The number of ether oxygens (including phenoxy) is 2. The van der Waals surface area contributed by atoms with Crippen LogP contribution >= 0.6 is 23.4 Å². The minimum Gasteiger partial charge on any atom is -0.454 e. The Morgan fingerprint density at radius 3 is 2.87 bits per heavy atom. The summed E-state index contributed by atoms with van der Waals surface area (Å²) in [7, 11) is 0. The Kier molecular flexibility index (Phi) is 4.98. The molecule has 2 aromatic carbocycles. The maximum absolute atomic E-state index is 12.1. The molecule has 1 aliphatic heterocycles. The summed E-state index contributed by atoms with van der Waals surface area (Å²) in [6.07, 6.45) is 0. The second-order valence-corrected chi connectivity index (χ2v) is 6.55. The summed E-state index contributed by atoms with van der Waals surface area (Å²) in [5, 5.41) is 3.64. The van der Waals surface area contributed by atoms with Gasteiger partial charge in [0.15, 0.2) is 11.5 Å². The number of rotatable bonds is 5. The van der Waals surface area contributed by atoms with Crippen LogP contribution in [0.1, 0.15) is 18.5 Å². The first kappa shape index (κ1) is 16.0. The number of carbonyl (C=O) groups excluding carboxylic acids is 1. The van der Waals surface area contributed by atoms with Crippen molar-refractivity contribution >= 4 is 29.3 Å². The lowest BCUT2D eigenvalue weighted by atomic mass is 10.1. The second-order valence-electron chi connectivity index (χ2n) is 5.12. The average Bonchev–Trinajstić information content (AvgIpc) is 3.01. The molecule has 0 aromatic heterocycles. The molecule has 0 radical (unpaired) electrons.